The zero-order valence-corrected chi connectivity index (χ0v) is 15.9. The molecule has 0 atom stereocenters. The molecule has 4 aromatic rings. The predicted molar refractivity (Wildman–Crippen MR) is 111 cm³/mol. The SMILES string of the molecule is COc1ccc2[nH]cc(CCNc3ncncc3-c3ccccc3OC)c2c1. The van der Waals surface area contributed by atoms with E-state index in [1.807, 2.05) is 48.8 Å². The van der Waals surface area contributed by atoms with E-state index in [1.54, 1.807) is 20.5 Å². The summed E-state index contributed by atoms with van der Waals surface area (Å²) in [6.07, 6.45) is 6.26. The summed E-state index contributed by atoms with van der Waals surface area (Å²) in [5.74, 6) is 2.44. The Labute approximate surface area is 163 Å². The molecule has 0 saturated heterocycles. The summed E-state index contributed by atoms with van der Waals surface area (Å²) in [6.45, 7) is 0.739. The number of anilines is 1. The van der Waals surface area contributed by atoms with Gasteiger partial charge in [0.2, 0.25) is 0 Å². The van der Waals surface area contributed by atoms with Crippen LogP contribution in [-0.4, -0.2) is 35.7 Å². The van der Waals surface area contributed by atoms with Gasteiger partial charge in [-0.3, -0.25) is 0 Å². The molecule has 6 nitrogen and oxygen atoms in total. The molecule has 0 aliphatic rings. The molecule has 2 aromatic carbocycles. The number of fused-ring (bicyclic) bond motifs is 1. The second-order valence-corrected chi connectivity index (χ2v) is 6.39. The summed E-state index contributed by atoms with van der Waals surface area (Å²) >= 11 is 0. The van der Waals surface area contributed by atoms with Crippen molar-refractivity contribution in [2.45, 2.75) is 6.42 Å². The number of methoxy groups -OCH3 is 2. The lowest BCUT2D eigenvalue weighted by Gasteiger charge is -2.13. The number of nitrogens with one attached hydrogen (secondary N) is 2. The zero-order chi connectivity index (χ0) is 19.3. The third-order valence-electron chi connectivity index (χ3n) is 4.77. The highest BCUT2D eigenvalue weighted by atomic mass is 16.5. The number of aromatic nitrogens is 3. The molecule has 6 heteroatoms. The highest BCUT2D eigenvalue weighted by Crippen LogP contribution is 2.33. The highest BCUT2D eigenvalue weighted by Gasteiger charge is 2.12. The van der Waals surface area contributed by atoms with Crippen LogP contribution in [0, 0.1) is 0 Å². The predicted octanol–water partition coefficient (Wildman–Crippen LogP) is 4.30. The van der Waals surface area contributed by atoms with E-state index in [4.69, 9.17) is 9.47 Å². The minimum atomic E-state index is 0.739. The van der Waals surface area contributed by atoms with Gasteiger partial charge in [-0.25, -0.2) is 9.97 Å². The lowest BCUT2D eigenvalue weighted by molar-refractivity contribution is 0.415. The standard InChI is InChI=1S/C22H22N4O2/c1-27-16-7-8-20-18(11-16)15(12-25-20)9-10-24-22-19(13-23-14-26-22)17-5-3-4-6-21(17)28-2/h3-8,11-14,25H,9-10H2,1-2H3,(H,23,24,26). The molecule has 2 aromatic heterocycles. The Kier molecular flexibility index (Phi) is 5.10. The fraction of sp³-hybridized carbons (Fsp3) is 0.182. The summed E-state index contributed by atoms with van der Waals surface area (Å²) in [4.78, 5) is 11.9. The number of rotatable bonds is 7. The van der Waals surface area contributed by atoms with Gasteiger partial charge in [-0.15, -0.1) is 0 Å². The highest BCUT2D eigenvalue weighted by molar-refractivity contribution is 5.84. The van der Waals surface area contributed by atoms with Gasteiger partial charge in [0.15, 0.2) is 0 Å². The van der Waals surface area contributed by atoms with Crippen LogP contribution >= 0.6 is 0 Å². The van der Waals surface area contributed by atoms with Crippen molar-refractivity contribution in [1.29, 1.82) is 0 Å². The number of hydrogen-bond acceptors (Lipinski definition) is 5. The van der Waals surface area contributed by atoms with Crippen LogP contribution in [-0.2, 0) is 6.42 Å². The van der Waals surface area contributed by atoms with E-state index < -0.39 is 0 Å². The van der Waals surface area contributed by atoms with Crippen molar-refractivity contribution in [2.75, 3.05) is 26.1 Å². The maximum absolute atomic E-state index is 5.49. The maximum Gasteiger partial charge on any atom is 0.137 e. The number of H-pyrrole nitrogens is 1. The summed E-state index contributed by atoms with van der Waals surface area (Å²) < 4.78 is 10.8. The molecule has 0 fully saturated rings. The summed E-state index contributed by atoms with van der Waals surface area (Å²) in [7, 11) is 3.35. The molecule has 0 unspecified atom stereocenters. The van der Waals surface area contributed by atoms with Crippen LogP contribution in [0.3, 0.4) is 0 Å². The van der Waals surface area contributed by atoms with Crippen molar-refractivity contribution in [3.8, 4) is 22.6 Å². The van der Waals surface area contributed by atoms with Crippen LogP contribution < -0.4 is 14.8 Å². The Morgan fingerprint density at radius 1 is 1.04 bits per heavy atom. The Hall–Kier alpha value is -3.54. The smallest absolute Gasteiger partial charge is 0.137 e. The molecule has 0 spiro atoms. The fourth-order valence-corrected chi connectivity index (χ4v) is 3.34. The van der Waals surface area contributed by atoms with Crippen LogP contribution in [0.1, 0.15) is 5.56 Å². The average Bonchev–Trinajstić information content (AvgIpc) is 3.16. The van der Waals surface area contributed by atoms with Gasteiger partial charge in [-0.1, -0.05) is 18.2 Å². The summed E-state index contributed by atoms with van der Waals surface area (Å²) in [5.41, 5.74) is 4.22. The Bertz CT molecular complexity index is 1090. The molecule has 0 amide bonds. The van der Waals surface area contributed by atoms with Crippen molar-refractivity contribution in [3.63, 3.8) is 0 Å². The van der Waals surface area contributed by atoms with Crippen molar-refractivity contribution < 1.29 is 9.47 Å². The lowest BCUT2D eigenvalue weighted by Crippen LogP contribution is -2.08. The monoisotopic (exact) mass is 374 g/mol. The molecular formula is C22H22N4O2. The van der Waals surface area contributed by atoms with Crippen molar-refractivity contribution in [2.24, 2.45) is 0 Å². The zero-order valence-electron chi connectivity index (χ0n) is 15.9. The number of benzene rings is 2. The van der Waals surface area contributed by atoms with Gasteiger partial charge in [-0.05, 0) is 36.2 Å². The normalized spacial score (nSPS) is 10.8. The van der Waals surface area contributed by atoms with Gasteiger partial charge in [0.05, 0.1) is 14.2 Å². The number of ether oxygens (including phenoxy) is 2. The first-order valence-corrected chi connectivity index (χ1v) is 9.11. The second kappa shape index (κ2) is 8.00. The molecular weight excluding hydrogens is 352 g/mol. The topological polar surface area (TPSA) is 72.1 Å². The van der Waals surface area contributed by atoms with Crippen molar-refractivity contribution in [1.82, 2.24) is 15.0 Å². The van der Waals surface area contributed by atoms with Crippen LogP contribution in [0.4, 0.5) is 5.82 Å². The third kappa shape index (κ3) is 3.49. The quantitative estimate of drug-likeness (QED) is 0.505. The van der Waals surface area contributed by atoms with E-state index in [0.29, 0.717) is 0 Å². The van der Waals surface area contributed by atoms with Gasteiger partial charge >= 0.3 is 0 Å². The Balaban J connectivity index is 1.54. The van der Waals surface area contributed by atoms with E-state index >= 15 is 0 Å². The molecule has 2 heterocycles. The molecule has 2 N–H and O–H groups in total. The number of aromatic amines is 1. The van der Waals surface area contributed by atoms with E-state index in [1.165, 1.54) is 10.9 Å². The molecule has 28 heavy (non-hydrogen) atoms. The number of para-hydroxylation sites is 1. The molecule has 0 aliphatic carbocycles. The second-order valence-electron chi connectivity index (χ2n) is 6.39. The van der Waals surface area contributed by atoms with Crippen molar-refractivity contribution in [3.05, 3.63) is 66.7 Å². The molecule has 0 aliphatic heterocycles. The first-order valence-electron chi connectivity index (χ1n) is 9.11. The van der Waals surface area contributed by atoms with Crippen molar-refractivity contribution >= 4 is 16.7 Å². The van der Waals surface area contributed by atoms with Gasteiger partial charge < -0.3 is 19.8 Å². The first-order chi connectivity index (χ1) is 13.8. The first kappa shape index (κ1) is 17.9. The Morgan fingerprint density at radius 2 is 1.93 bits per heavy atom. The van der Waals surface area contributed by atoms with Crippen LogP contribution in [0.25, 0.3) is 22.0 Å². The molecule has 0 radical (unpaired) electrons. The van der Waals surface area contributed by atoms with Gasteiger partial charge in [0, 0.05) is 41.0 Å². The molecule has 4 rings (SSSR count). The van der Waals surface area contributed by atoms with Gasteiger partial charge in [-0.2, -0.15) is 0 Å². The van der Waals surface area contributed by atoms with E-state index in [0.717, 1.165) is 46.9 Å². The minimum Gasteiger partial charge on any atom is -0.497 e. The van der Waals surface area contributed by atoms with Gasteiger partial charge in [0.25, 0.3) is 0 Å². The van der Waals surface area contributed by atoms with Crippen LogP contribution in [0.15, 0.2) is 61.2 Å². The maximum atomic E-state index is 5.49. The van der Waals surface area contributed by atoms with E-state index in [-0.39, 0.29) is 0 Å². The van der Waals surface area contributed by atoms with E-state index in [9.17, 15) is 0 Å². The number of nitrogens with zero attached hydrogens (tertiary/aromatic N) is 2. The molecule has 142 valence electrons. The van der Waals surface area contributed by atoms with E-state index in [2.05, 4.69) is 26.3 Å². The van der Waals surface area contributed by atoms with Crippen LogP contribution in [0.5, 0.6) is 11.5 Å². The molecule has 0 bridgehead atoms. The van der Waals surface area contributed by atoms with Gasteiger partial charge in [0.1, 0.15) is 23.6 Å². The Morgan fingerprint density at radius 3 is 2.79 bits per heavy atom. The summed E-state index contributed by atoms with van der Waals surface area (Å²) in [6, 6.07) is 13.9. The molecule has 0 saturated carbocycles. The number of hydrogen-bond donors (Lipinski definition) is 2. The largest absolute Gasteiger partial charge is 0.497 e. The summed E-state index contributed by atoms with van der Waals surface area (Å²) in [5, 5.41) is 4.62. The minimum absolute atomic E-state index is 0.739. The fourth-order valence-electron chi connectivity index (χ4n) is 3.34. The van der Waals surface area contributed by atoms with Crippen LogP contribution in [0.2, 0.25) is 0 Å². The third-order valence-corrected chi connectivity index (χ3v) is 4.77. The average molecular weight is 374 g/mol. The lowest BCUT2D eigenvalue weighted by atomic mass is 10.1.